The van der Waals surface area contributed by atoms with Gasteiger partial charge in [-0.1, -0.05) is 0 Å². The maximum Gasteiger partial charge on any atom is 0.227 e. The maximum absolute atomic E-state index is 12.2. The van der Waals surface area contributed by atoms with E-state index in [9.17, 15) is 9.59 Å². The van der Waals surface area contributed by atoms with Crippen LogP contribution in [-0.2, 0) is 16.0 Å². The number of hydrogen-bond acceptors (Lipinski definition) is 5. The fourth-order valence-corrected chi connectivity index (χ4v) is 2.99. The third-order valence-corrected chi connectivity index (χ3v) is 4.88. The summed E-state index contributed by atoms with van der Waals surface area (Å²) < 4.78 is 10.9. The van der Waals surface area contributed by atoms with Crippen molar-refractivity contribution < 1.29 is 18.7 Å². The van der Waals surface area contributed by atoms with Crippen LogP contribution in [0.15, 0.2) is 59.1 Å². The van der Waals surface area contributed by atoms with Crippen LogP contribution < -0.4 is 15.4 Å². The van der Waals surface area contributed by atoms with E-state index in [1.165, 1.54) is 0 Å². The second-order valence-corrected chi connectivity index (χ2v) is 7.24. The molecule has 3 aromatic rings. The maximum atomic E-state index is 12.2. The lowest BCUT2D eigenvalue weighted by molar-refractivity contribution is -0.117. The van der Waals surface area contributed by atoms with Gasteiger partial charge in [0.1, 0.15) is 5.75 Å². The number of rotatable bonds is 8. The van der Waals surface area contributed by atoms with Gasteiger partial charge in [-0.15, -0.1) is 0 Å². The minimum absolute atomic E-state index is 0.0618. The molecular weight excluding hydrogens is 382 g/mol. The summed E-state index contributed by atoms with van der Waals surface area (Å²) in [6, 6.07) is 14.6. The van der Waals surface area contributed by atoms with Crippen molar-refractivity contribution in [3.05, 3.63) is 60.6 Å². The van der Waals surface area contributed by atoms with E-state index in [1.807, 2.05) is 24.3 Å². The second-order valence-electron chi connectivity index (χ2n) is 7.24. The summed E-state index contributed by atoms with van der Waals surface area (Å²) in [4.78, 5) is 28.3. The third-order valence-electron chi connectivity index (χ3n) is 4.88. The number of nitrogens with one attached hydrogen (secondary N) is 2. The fraction of sp³-hybridized carbons (Fsp3) is 0.261. The molecule has 0 bridgehead atoms. The number of carbonyl (C=O) groups excluding carboxylic acids is 2. The Bertz CT molecular complexity index is 1020. The van der Waals surface area contributed by atoms with Crippen molar-refractivity contribution in [2.75, 3.05) is 17.7 Å². The van der Waals surface area contributed by atoms with Gasteiger partial charge in [0.05, 0.1) is 13.3 Å². The molecule has 0 atom stereocenters. The number of aromatic nitrogens is 1. The van der Waals surface area contributed by atoms with Crippen LogP contribution in [0.2, 0.25) is 0 Å². The first-order chi connectivity index (χ1) is 14.6. The predicted molar refractivity (Wildman–Crippen MR) is 113 cm³/mol. The largest absolute Gasteiger partial charge is 0.497 e. The van der Waals surface area contributed by atoms with Crippen LogP contribution in [0.4, 0.5) is 11.4 Å². The average Bonchev–Trinajstić information content (AvgIpc) is 3.52. The van der Waals surface area contributed by atoms with Gasteiger partial charge < -0.3 is 19.8 Å². The molecule has 1 saturated carbocycles. The summed E-state index contributed by atoms with van der Waals surface area (Å²) in [6.07, 6.45) is 4.24. The topological polar surface area (TPSA) is 93.5 Å². The van der Waals surface area contributed by atoms with Gasteiger partial charge in [-0.05, 0) is 61.4 Å². The normalized spacial score (nSPS) is 13.0. The zero-order valence-corrected chi connectivity index (χ0v) is 16.7. The lowest BCUT2D eigenvalue weighted by Crippen LogP contribution is -2.14. The van der Waals surface area contributed by atoms with Crippen LogP contribution in [0.5, 0.6) is 5.75 Å². The lowest BCUT2D eigenvalue weighted by atomic mass is 10.2. The van der Waals surface area contributed by atoms with E-state index in [1.54, 1.807) is 37.6 Å². The Labute approximate surface area is 174 Å². The van der Waals surface area contributed by atoms with Crippen molar-refractivity contribution >= 4 is 23.2 Å². The van der Waals surface area contributed by atoms with Gasteiger partial charge in [0.15, 0.2) is 11.7 Å². The summed E-state index contributed by atoms with van der Waals surface area (Å²) in [7, 11) is 1.62. The smallest absolute Gasteiger partial charge is 0.227 e. The number of methoxy groups -OCH3 is 1. The van der Waals surface area contributed by atoms with Gasteiger partial charge in [-0.25, -0.2) is 4.98 Å². The number of nitrogens with zero attached hydrogens (tertiary/aromatic N) is 1. The molecule has 0 radical (unpaired) electrons. The monoisotopic (exact) mass is 405 g/mol. The molecular formula is C23H23N3O4. The number of aryl methyl sites for hydroxylation is 1. The van der Waals surface area contributed by atoms with Gasteiger partial charge in [-0.2, -0.15) is 0 Å². The Kier molecular flexibility index (Phi) is 5.79. The molecule has 2 aromatic carbocycles. The highest BCUT2D eigenvalue weighted by Crippen LogP contribution is 2.30. The summed E-state index contributed by atoms with van der Waals surface area (Å²) in [5.74, 6) is 2.02. The molecule has 30 heavy (non-hydrogen) atoms. The fourth-order valence-electron chi connectivity index (χ4n) is 2.99. The minimum Gasteiger partial charge on any atom is -0.497 e. The first kappa shape index (κ1) is 19.7. The van der Waals surface area contributed by atoms with Crippen molar-refractivity contribution in [2.24, 2.45) is 5.92 Å². The molecule has 1 aliphatic carbocycles. The molecule has 1 heterocycles. The van der Waals surface area contributed by atoms with Crippen molar-refractivity contribution in [3.63, 3.8) is 0 Å². The molecule has 154 valence electrons. The summed E-state index contributed by atoms with van der Waals surface area (Å²) in [5, 5.41) is 5.72. The van der Waals surface area contributed by atoms with Gasteiger partial charge >= 0.3 is 0 Å². The number of carbonyl (C=O) groups is 2. The molecule has 7 heteroatoms. The SMILES string of the molecule is COc1ccc(-c2cnc(CCC(=O)Nc3ccc(NC(=O)C4CC4)cc3)o2)cc1. The first-order valence-electron chi connectivity index (χ1n) is 9.90. The van der Waals surface area contributed by atoms with Crippen molar-refractivity contribution in [2.45, 2.75) is 25.7 Å². The summed E-state index contributed by atoms with van der Waals surface area (Å²) in [6.45, 7) is 0. The third kappa shape index (κ3) is 5.05. The van der Waals surface area contributed by atoms with E-state index < -0.39 is 0 Å². The van der Waals surface area contributed by atoms with E-state index in [-0.39, 0.29) is 24.2 Å². The highest BCUT2D eigenvalue weighted by Gasteiger charge is 2.29. The molecule has 1 aromatic heterocycles. The number of anilines is 2. The molecule has 4 rings (SSSR count). The predicted octanol–water partition coefficient (Wildman–Crippen LogP) is 4.27. The second kappa shape index (κ2) is 8.82. The van der Waals surface area contributed by atoms with E-state index in [0.29, 0.717) is 23.8 Å². The average molecular weight is 405 g/mol. The van der Waals surface area contributed by atoms with Gasteiger partial charge in [0, 0.05) is 35.7 Å². The van der Waals surface area contributed by atoms with E-state index in [4.69, 9.17) is 9.15 Å². The quantitative estimate of drug-likeness (QED) is 0.584. The Morgan fingerprint density at radius 2 is 1.70 bits per heavy atom. The Hall–Kier alpha value is -3.61. The number of oxazole rings is 1. The Balaban J connectivity index is 1.26. The van der Waals surface area contributed by atoms with E-state index in [2.05, 4.69) is 15.6 Å². The van der Waals surface area contributed by atoms with Crippen LogP contribution in [-0.4, -0.2) is 23.9 Å². The van der Waals surface area contributed by atoms with E-state index in [0.717, 1.165) is 29.8 Å². The number of amides is 2. The van der Waals surface area contributed by atoms with Gasteiger partial charge in [0.2, 0.25) is 11.8 Å². The molecule has 2 N–H and O–H groups in total. The Morgan fingerprint density at radius 3 is 2.33 bits per heavy atom. The molecule has 0 unspecified atom stereocenters. The highest BCUT2D eigenvalue weighted by atomic mass is 16.5. The van der Waals surface area contributed by atoms with Crippen LogP contribution in [0, 0.1) is 5.92 Å². The van der Waals surface area contributed by atoms with Crippen molar-refractivity contribution in [1.82, 2.24) is 4.98 Å². The van der Waals surface area contributed by atoms with Crippen LogP contribution >= 0.6 is 0 Å². The first-order valence-corrected chi connectivity index (χ1v) is 9.90. The van der Waals surface area contributed by atoms with E-state index >= 15 is 0 Å². The van der Waals surface area contributed by atoms with Crippen LogP contribution in [0.25, 0.3) is 11.3 Å². The van der Waals surface area contributed by atoms with Crippen molar-refractivity contribution in [1.29, 1.82) is 0 Å². The van der Waals surface area contributed by atoms with Gasteiger partial charge in [0.25, 0.3) is 0 Å². The summed E-state index contributed by atoms with van der Waals surface area (Å²) >= 11 is 0. The number of benzene rings is 2. The zero-order chi connectivity index (χ0) is 20.9. The molecule has 0 saturated heterocycles. The standard InChI is InChI=1S/C23H23N3O4/c1-29-19-10-4-15(5-11-19)20-14-24-22(30-20)13-12-21(27)25-17-6-8-18(9-7-17)26-23(28)16-2-3-16/h4-11,14,16H,2-3,12-13H2,1H3,(H,25,27)(H,26,28). The minimum atomic E-state index is -0.131. The molecule has 0 spiro atoms. The Morgan fingerprint density at radius 1 is 1.03 bits per heavy atom. The molecule has 1 aliphatic rings. The number of hydrogen-bond donors (Lipinski definition) is 2. The van der Waals surface area contributed by atoms with Crippen LogP contribution in [0.3, 0.4) is 0 Å². The zero-order valence-electron chi connectivity index (χ0n) is 16.7. The summed E-state index contributed by atoms with van der Waals surface area (Å²) in [5.41, 5.74) is 2.30. The van der Waals surface area contributed by atoms with Gasteiger partial charge in [-0.3, -0.25) is 9.59 Å². The highest BCUT2D eigenvalue weighted by molar-refractivity contribution is 5.95. The number of ether oxygens (including phenoxy) is 1. The lowest BCUT2D eigenvalue weighted by Gasteiger charge is -2.07. The molecule has 1 fully saturated rings. The van der Waals surface area contributed by atoms with Crippen LogP contribution in [0.1, 0.15) is 25.2 Å². The molecule has 2 amide bonds. The molecule has 7 nitrogen and oxygen atoms in total. The molecule has 0 aliphatic heterocycles. The van der Waals surface area contributed by atoms with Crippen molar-refractivity contribution in [3.8, 4) is 17.1 Å².